The average molecular weight is 294 g/mol. The van der Waals surface area contributed by atoms with Gasteiger partial charge in [0.05, 0.1) is 21.7 Å². The van der Waals surface area contributed by atoms with Gasteiger partial charge in [-0.3, -0.25) is 4.79 Å². The monoisotopic (exact) mass is 293 g/mol. The molecule has 1 amide bonds. The molecule has 0 radical (unpaired) electrons. The zero-order valence-corrected chi connectivity index (χ0v) is 11.9. The van der Waals surface area contributed by atoms with Crippen LogP contribution < -0.4 is 5.32 Å². The molecule has 0 saturated carbocycles. The van der Waals surface area contributed by atoms with Crippen LogP contribution in [0, 0.1) is 0 Å². The molecule has 0 aliphatic carbocycles. The summed E-state index contributed by atoms with van der Waals surface area (Å²) in [5, 5.41) is 3.64. The second-order valence-electron chi connectivity index (χ2n) is 4.22. The largest absolute Gasteiger partial charge is 0.323 e. The second kappa shape index (κ2) is 6.09. The molecule has 2 aromatic carbocycles. The van der Waals surface area contributed by atoms with Crippen LogP contribution in [-0.2, 0) is 4.79 Å². The molecular formula is C15H13Cl2NO. The van der Waals surface area contributed by atoms with Gasteiger partial charge in [0.1, 0.15) is 0 Å². The van der Waals surface area contributed by atoms with Gasteiger partial charge in [0.2, 0.25) is 5.91 Å². The van der Waals surface area contributed by atoms with Crippen molar-refractivity contribution in [3.05, 3.63) is 64.1 Å². The van der Waals surface area contributed by atoms with Crippen molar-refractivity contribution < 1.29 is 4.79 Å². The smallest absolute Gasteiger partial charge is 0.231 e. The molecule has 19 heavy (non-hydrogen) atoms. The van der Waals surface area contributed by atoms with Gasteiger partial charge in [-0.1, -0.05) is 59.6 Å². The van der Waals surface area contributed by atoms with Crippen molar-refractivity contribution in [2.75, 3.05) is 5.32 Å². The molecule has 4 heteroatoms. The number of anilines is 1. The highest BCUT2D eigenvalue weighted by Gasteiger charge is 2.17. The fourth-order valence-corrected chi connectivity index (χ4v) is 2.23. The fourth-order valence-electron chi connectivity index (χ4n) is 1.74. The molecule has 0 heterocycles. The summed E-state index contributed by atoms with van der Waals surface area (Å²) in [6.45, 7) is 1.84. The van der Waals surface area contributed by atoms with Crippen molar-refractivity contribution >= 4 is 34.8 Å². The molecule has 0 aliphatic heterocycles. The Morgan fingerprint density at radius 1 is 1.00 bits per heavy atom. The summed E-state index contributed by atoms with van der Waals surface area (Å²) in [6, 6.07) is 14.7. The number of carbonyl (C=O) groups excluding carboxylic acids is 1. The van der Waals surface area contributed by atoms with E-state index in [9.17, 15) is 4.79 Å². The maximum atomic E-state index is 12.2. The first-order valence-corrected chi connectivity index (χ1v) is 6.65. The lowest BCUT2D eigenvalue weighted by Crippen LogP contribution is -2.19. The number of halogens is 2. The first kappa shape index (κ1) is 13.9. The maximum Gasteiger partial charge on any atom is 0.231 e. The van der Waals surface area contributed by atoms with Crippen molar-refractivity contribution in [3.63, 3.8) is 0 Å². The summed E-state index contributed by atoms with van der Waals surface area (Å²) in [6.07, 6.45) is 0. The van der Waals surface area contributed by atoms with Gasteiger partial charge in [0.25, 0.3) is 0 Å². The highest BCUT2D eigenvalue weighted by Crippen LogP contribution is 2.30. The molecule has 2 rings (SSSR count). The fraction of sp³-hybridized carbons (Fsp3) is 0.133. The Morgan fingerprint density at radius 2 is 1.58 bits per heavy atom. The Morgan fingerprint density at radius 3 is 2.16 bits per heavy atom. The lowest BCUT2D eigenvalue weighted by Gasteiger charge is -2.14. The molecule has 0 bridgehead atoms. The highest BCUT2D eigenvalue weighted by atomic mass is 35.5. The summed E-state index contributed by atoms with van der Waals surface area (Å²) in [4.78, 5) is 12.2. The van der Waals surface area contributed by atoms with Crippen LogP contribution >= 0.6 is 23.2 Å². The van der Waals surface area contributed by atoms with Crippen molar-refractivity contribution in [2.24, 2.45) is 0 Å². The number of nitrogens with one attached hydrogen (secondary N) is 1. The molecule has 1 N–H and O–H groups in total. The van der Waals surface area contributed by atoms with Crippen LogP contribution in [0.4, 0.5) is 5.69 Å². The number of para-hydroxylation sites is 1. The Hall–Kier alpha value is -1.51. The quantitative estimate of drug-likeness (QED) is 0.870. The lowest BCUT2D eigenvalue weighted by molar-refractivity contribution is -0.117. The molecule has 0 saturated heterocycles. The van der Waals surface area contributed by atoms with E-state index in [1.54, 1.807) is 18.2 Å². The summed E-state index contributed by atoms with van der Waals surface area (Å²) in [5.74, 6) is -0.408. The van der Waals surface area contributed by atoms with Crippen LogP contribution in [0.3, 0.4) is 0 Å². The molecule has 0 spiro atoms. The predicted molar refractivity (Wildman–Crippen MR) is 79.9 cm³/mol. The van der Waals surface area contributed by atoms with E-state index in [1.807, 2.05) is 37.3 Å². The molecule has 1 unspecified atom stereocenters. The number of benzene rings is 2. The summed E-state index contributed by atoms with van der Waals surface area (Å²) in [5.41, 5.74) is 1.40. The van der Waals surface area contributed by atoms with Crippen LogP contribution in [0.5, 0.6) is 0 Å². The summed E-state index contributed by atoms with van der Waals surface area (Å²) in [7, 11) is 0. The SMILES string of the molecule is CC(C(=O)Nc1c(Cl)cccc1Cl)c1ccccc1. The number of hydrogen-bond acceptors (Lipinski definition) is 1. The third-order valence-corrected chi connectivity index (χ3v) is 3.53. The molecule has 98 valence electrons. The highest BCUT2D eigenvalue weighted by molar-refractivity contribution is 6.39. The van der Waals surface area contributed by atoms with E-state index in [0.717, 1.165) is 5.56 Å². The molecule has 0 aromatic heterocycles. The van der Waals surface area contributed by atoms with Gasteiger partial charge in [-0.25, -0.2) is 0 Å². The standard InChI is InChI=1S/C15H13Cl2NO/c1-10(11-6-3-2-4-7-11)15(19)18-14-12(16)8-5-9-13(14)17/h2-10H,1H3,(H,18,19). The summed E-state index contributed by atoms with van der Waals surface area (Å²) >= 11 is 12.1. The minimum atomic E-state index is -0.270. The normalized spacial score (nSPS) is 11.9. The predicted octanol–water partition coefficient (Wildman–Crippen LogP) is 4.74. The number of carbonyl (C=O) groups is 1. The summed E-state index contributed by atoms with van der Waals surface area (Å²) < 4.78 is 0. The molecule has 2 nitrogen and oxygen atoms in total. The van der Waals surface area contributed by atoms with E-state index < -0.39 is 0 Å². The van der Waals surface area contributed by atoms with Crippen LogP contribution in [0.15, 0.2) is 48.5 Å². The van der Waals surface area contributed by atoms with Gasteiger partial charge < -0.3 is 5.32 Å². The zero-order valence-electron chi connectivity index (χ0n) is 10.4. The minimum Gasteiger partial charge on any atom is -0.323 e. The van der Waals surface area contributed by atoms with Gasteiger partial charge in [-0.05, 0) is 24.6 Å². The Bertz CT molecular complexity index is 564. The van der Waals surface area contributed by atoms with E-state index >= 15 is 0 Å². The van der Waals surface area contributed by atoms with Crippen LogP contribution in [0.1, 0.15) is 18.4 Å². The van der Waals surface area contributed by atoms with Crippen LogP contribution in [0.2, 0.25) is 10.0 Å². The minimum absolute atomic E-state index is 0.138. The third-order valence-electron chi connectivity index (χ3n) is 2.90. The number of rotatable bonds is 3. The van der Waals surface area contributed by atoms with E-state index in [-0.39, 0.29) is 11.8 Å². The molecular weight excluding hydrogens is 281 g/mol. The van der Waals surface area contributed by atoms with Gasteiger partial charge >= 0.3 is 0 Å². The molecule has 0 fully saturated rings. The maximum absolute atomic E-state index is 12.2. The van der Waals surface area contributed by atoms with Crippen molar-refractivity contribution in [2.45, 2.75) is 12.8 Å². The van der Waals surface area contributed by atoms with E-state index in [1.165, 1.54) is 0 Å². The van der Waals surface area contributed by atoms with E-state index in [2.05, 4.69) is 5.32 Å². The topological polar surface area (TPSA) is 29.1 Å². The van der Waals surface area contributed by atoms with Crippen LogP contribution in [-0.4, -0.2) is 5.91 Å². The third kappa shape index (κ3) is 3.28. The first-order chi connectivity index (χ1) is 9.09. The van der Waals surface area contributed by atoms with Gasteiger partial charge in [-0.15, -0.1) is 0 Å². The lowest BCUT2D eigenvalue weighted by atomic mass is 10.0. The van der Waals surface area contributed by atoms with E-state index in [0.29, 0.717) is 15.7 Å². The van der Waals surface area contributed by atoms with Crippen molar-refractivity contribution in [3.8, 4) is 0 Å². The Balaban J connectivity index is 2.18. The van der Waals surface area contributed by atoms with Gasteiger partial charge in [0.15, 0.2) is 0 Å². The Labute approximate surface area is 122 Å². The molecule has 1 atom stereocenters. The van der Waals surface area contributed by atoms with Crippen molar-refractivity contribution in [1.82, 2.24) is 0 Å². The molecule has 2 aromatic rings. The average Bonchev–Trinajstić information content (AvgIpc) is 2.43. The Kier molecular flexibility index (Phi) is 4.46. The number of amides is 1. The van der Waals surface area contributed by atoms with E-state index in [4.69, 9.17) is 23.2 Å². The van der Waals surface area contributed by atoms with Gasteiger partial charge in [-0.2, -0.15) is 0 Å². The van der Waals surface area contributed by atoms with Crippen LogP contribution in [0.25, 0.3) is 0 Å². The zero-order chi connectivity index (χ0) is 13.8. The first-order valence-electron chi connectivity index (χ1n) is 5.89. The number of hydrogen-bond donors (Lipinski definition) is 1. The van der Waals surface area contributed by atoms with Crippen molar-refractivity contribution in [1.29, 1.82) is 0 Å². The van der Waals surface area contributed by atoms with Gasteiger partial charge in [0, 0.05) is 0 Å². The molecule has 0 aliphatic rings. The second-order valence-corrected chi connectivity index (χ2v) is 5.03.